The van der Waals surface area contributed by atoms with Crippen molar-refractivity contribution in [1.82, 2.24) is 9.55 Å². The molecule has 2 heteroatoms. The highest BCUT2D eigenvalue weighted by Gasteiger charge is 2.18. The maximum absolute atomic E-state index is 4.78. The molecule has 4 aromatic carbocycles. The van der Waals surface area contributed by atoms with Crippen LogP contribution < -0.4 is 0 Å². The van der Waals surface area contributed by atoms with Gasteiger partial charge in [-0.25, -0.2) is 0 Å². The zero-order chi connectivity index (χ0) is 22.6. The first-order chi connectivity index (χ1) is 16.8. The van der Waals surface area contributed by atoms with Gasteiger partial charge in [-0.2, -0.15) is 0 Å². The Morgan fingerprint density at radius 2 is 1.65 bits per heavy atom. The van der Waals surface area contributed by atoms with Crippen molar-refractivity contribution in [3.63, 3.8) is 0 Å². The molecule has 1 aliphatic heterocycles. The summed E-state index contributed by atoms with van der Waals surface area (Å²) in [6.45, 7) is 5.28. The van der Waals surface area contributed by atoms with E-state index in [1.807, 2.05) is 12.3 Å². The molecule has 0 radical (unpaired) electrons. The number of aromatic nitrogens is 2. The van der Waals surface area contributed by atoms with Gasteiger partial charge in [0.25, 0.3) is 0 Å². The molecule has 0 unspecified atom stereocenters. The molecule has 0 N–H and O–H groups in total. The summed E-state index contributed by atoms with van der Waals surface area (Å²) in [7, 11) is 0. The van der Waals surface area contributed by atoms with Crippen molar-refractivity contribution in [3.05, 3.63) is 122 Å². The number of pyridine rings is 1. The molecule has 160 valence electrons. The van der Waals surface area contributed by atoms with Crippen LogP contribution in [0.25, 0.3) is 60.2 Å². The lowest BCUT2D eigenvalue weighted by Gasteiger charge is -2.14. The molecule has 2 nitrogen and oxygen atoms in total. The van der Waals surface area contributed by atoms with Crippen molar-refractivity contribution < 1.29 is 0 Å². The van der Waals surface area contributed by atoms with Gasteiger partial charge >= 0.3 is 0 Å². The van der Waals surface area contributed by atoms with E-state index in [1.54, 1.807) is 0 Å². The van der Waals surface area contributed by atoms with Gasteiger partial charge in [0, 0.05) is 45.4 Å². The Morgan fingerprint density at radius 3 is 2.62 bits per heavy atom. The quantitative estimate of drug-likeness (QED) is 0.238. The van der Waals surface area contributed by atoms with Crippen molar-refractivity contribution in [2.45, 2.75) is 6.54 Å². The molecule has 0 bridgehead atoms. The second-order valence-electron chi connectivity index (χ2n) is 8.90. The fourth-order valence-corrected chi connectivity index (χ4v) is 5.44. The van der Waals surface area contributed by atoms with E-state index in [9.17, 15) is 0 Å². The van der Waals surface area contributed by atoms with Crippen LogP contribution in [0.5, 0.6) is 0 Å². The van der Waals surface area contributed by atoms with Gasteiger partial charge in [0.2, 0.25) is 0 Å². The third-order valence-electron chi connectivity index (χ3n) is 6.97. The van der Waals surface area contributed by atoms with Crippen LogP contribution in [0.3, 0.4) is 0 Å². The summed E-state index contributed by atoms with van der Waals surface area (Å²) >= 11 is 0. The fourth-order valence-electron chi connectivity index (χ4n) is 5.44. The summed E-state index contributed by atoms with van der Waals surface area (Å²) in [5.74, 6) is 0. The Kier molecular flexibility index (Phi) is 4.09. The van der Waals surface area contributed by atoms with Crippen molar-refractivity contribution >= 4 is 49.1 Å². The molecular formula is C32H22N2. The van der Waals surface area contributed by atoms with Gasteiger partial charge in [-0.3, -0.25) is 4.98 Å². The lowest BCUT2D eigenvalue weighted by Crippen LogP contribution is -1.97. The van der Waals surface area contributed by atoms with Gasteiger partial charge < -0.3 is 4.57 Å². The predicted molar refractivity (Wildman–Crippen MR) is 145 cm³/mol. The van der Waals surface area contributed by atoms with E-state index in [1.165, 1.54) is 49.3 Å². The summed E-state index contributed by atoms with van der Waals surface area (Å²) in [6.07, 6.45) is 10.4. The topological polar surface area (TPSA) is 17.8 Å². The molecule has 3 heterocycles. The molecule has 0 spiro atoms. The number of rotatable bonds is 1. The van der Waals surface area contributed by atoms with E-state index in [-0.39, 0.29) is 0 Å². The maximum atomic E-state index is 4.78. The molecule has 34 heavy (non-hydrogen) atoms. The van der Waals surface area contributed by atoms with Gasteiger partial charge in [0.1, 0.15) is 0 Å². The largest absolute Gasteiger partial charge is 0.336 e. The fraction of sp³-hybridized carbons (Fsp3) is 0.0312. The molecule has 0 saturated carbocycles. The van der Waals surface area contributed by atoms with Crippen molar-refractivity contribution in [2.75, 3.05) is 0 Å². The number of fused-ring (bicyclic) bond motifs is 6. The normalized spacial score (nSPS) is 15.5. The SMILES string of the molecule is C=C1/C=C\C=C/Cn2c3ccccc3c3cc(-c4cccc5ccc6cccnc6c45)cc1c32. The Morgan fingerprint density at radius 1 is 0.765 bits per heavy atom. The summed E-state index contributed by atoms with van der Waals surface area (Å²) < 4.78 is 2.42. The number of allylic oxidation sites excluding steroid dienone is 5. The second kappa shape index (κ2) is 7.29. The summed E-state index contributed by atoms with van der Waals surface area (Å²) in [6, 6.07) is 28.4. The van der Waals surface area contributed by atoms with E-state index in [2.05, 4.69) is 108 Å². The molecule has 6 aromatic rings. The van der Waals surface area contributed by atoms with Gasteiger partial charge in [-0.05, 0) is 46.4 Å². The minimum absolute atomic E-state index is 0.830. The standard InChI is InChI=1S/C32H22N2/c1-21-9-3-2-6-18-34-29-14-5-4-12-26(29)28-20-24(19-27(21)32(28)34)25-13-7-10-22-15-16-23-11-8-17-33-31(23)30(22)25/h2-17,19-20H,1,18H2/b6-2-,9-3-. The number of hydrogen-bond donors (Lipinski definition) is 0. The third-order valence-corrected chi connectivity index (χ3v) is 6.97. The first kappa shape index (κ1) is 19.1. The average Bonchev–Trinajstić information content (AvgIpc) is 3.24. The van der Waals surface area contributed by atoms with E-state index in [4.69, 9.17) is 4.98 Å². The number of hydrogen-bond acceptors (Lipinski definition) is 1. The highest BCUT2D eigenvalue weighted by atomic mass is 15.0. The van der Waals surface area contributed by atoms with E-state index in [0.717, 1.165) is 23.0 Å². The minimum atomic E-state index is 0.830. The lowest BCUT2D eigenvalue weighted by atomic mass is 9.92. The van der Waals surface area contributed by atoms with Crippen LogP contribution in [0.1, 0.15) is 5.56 Å². The van der Waals surface area contributed by atoms with Crippen molar-refractivity contribution in [2.24, 2.45) is 0 Å². The molecule has 0 atom stereocenters. The lowest BCUT2D eigenvalue weighted by molar-refractivity contribution is 0.898. The highest BCUT2D eigenvalue weighted by molar-refractivity contribution is 6.16. The van der Waals surface area contributed by atoms with Crippen LogP contribution in [-0.4, -0.2) is 9.55 Å². The zero-order valence-electron chi connectivity index (χ0n) is 18.7. The van der Waals surface area contributed by atoms with Crippen molar-refractivity contribution in [3.8, 4) is 11.1 Å². The Bertz CT molecular complexity index is 1850. The molecule has 0 aliphatic carbocycles. The smallest absolute Gasteiger partial charge is 0.0786 e. The van der Waals surface area contributed by atoms with Gasteiger partial charge in [-0.1, -0.05) is 85.5 Å². The molecular weight excluding hydrogens is 412 g/mol. The van der Waals surface area contributed by atoms with Gasteiger partial charge in [-0.15, -0.1) is 0 Å². The predicted octanol–water partition coefficient (Wildman–Crippen LogP) is 8.30. The number of benzene rings is 4. The molecule has 1 aliphatic rings. The second-order valence-corrected chi connectivity index (χ2v) is 8.90. The molecule has 0 saturated heterocycles. The Balaban J connectivity index is 1.65. The van der Waals surface area contributed by atoms with Crippen LogP contribution in [-0.2, 0) is 6.54 Å². The third kappa shape index (κ3) is 2.72. The van der Waals surface area contributed by atoms with Crippen LogP contribution in [0.2, 0.25) is 0 Å². The Hall–Kier alpha value is -4.43. The van der Waals surface area contributed by atoms with E-state index < -0.39 is 0 Å². The summed E-state index contributed by atoms with van der Waals surface area (Å²) in [5.41, 5.74) is 8.12. The molecule has 7 rings (SSSR count). The van der Waals surface area contributed by atoms with Crippen LogP contribution in [0, 0.1) is 0 Å². The van der Waals surface area contributed by atoms with Crippen molar-refractivity contribution in [1.29, 1.82) is 0 Å². The first-order valence-electron chi connectivity index (χ1n) is 11.6. The molecule has 0 fully saturated rings. The summed E-state index contributed by atoms with van der Waals surface area (Å²) in [4.78, 5) is 4.78. The first-order valence-corrected chi connectivity index (χ1v) is 11.6. The molecule has 0 amide bonds. The monoisotopic (exact) mass is 434 g/mol. The average molecular weight is 435 g/mol. The van der Waals surface area contributed by atoms with Gasteiger partial charge in [0.05, 0.1) is 11.0 Å². The van der Waals surface area contributed by atoms with E-state index >= 15 is 0 Å². The maximum Gasteiger partial charge on any atom is 0.0786 e. The number of para-hydroxylation sites is 1. The zero-order valence-corrected chi connectivity index (χ0v) is 18.7. The van der Waals surface area contributed by atoms with Crippen LogP contribution in [0.15, 0.2) is 116 Å². The van der Waals surface area contributed by atoms with Crippen LogP contribution in [0.4, 0.5) is 0 Å². The van der Waals surface area contributed by atoms with Crippen LogP contribution >= 0.6 is 0 Å². The van der Waals surface area contributed by atoms with E-state index in [0.29, 0.717) is 0 Å². The number of nitrogens with zero attached hydrogens (tertiary/aromatic N) is 2. The highest BCUT2D eigenvalue weighted by Crippen LogP contribution is 2.40. The molecule has 2 aromatic heterocycles. The van der Waals surface area contributed by atoms with Gasteiger partial charge in [0.15, 0.2) is 0 Å². The Labute approximate surface area is 197 Å². The minimum Gasteiger partial charge on any atom is -0.336 e. The summed E-state index contributed by atoms with van der Waals surface area (Å²) in [5, 5.41) is 6.09.